The predicted molar refractivity (Wildman–Crippen MR) is 101 cm³/mol. The molecule has 0 spiro atoms. The van der Waals surface area contributed by atoms with Crippen molar-refractivity contribution in [3.63, 3.8) is 0 Å². The second kappa shape index (κ2) is 6.43. The van der Waals surface area contributed by atoms with E-state index >= 15 is 0 Å². The number of aromatic nitrogens is 1. The fourth-order valence-corrected chi connectivity index (χ4v) is 7.16. The van der Waals surface area contributed by atoms with Gasteiger partial charge in [0.1, 0.15) is 15.9 Å². The molecule has 0 saturated heterocycles. The van der Waals surface area contributed by atoms with Crippen molar-refractivity contribution in [2.45, 2.75) is 0 Å². The highest BCUT2D eigenvalue weighted by Crippen LogP contribution is 2.53. The van der Waals surface area contributed by atoms with Gasteiger partial charge in [-0.15, -0.1) is 0 Å². The number of benzene rings is 3. The van der Waals surface area contributed by atoms with E-state index < -0.39 is 7.26 Å². The van der Waals surface area contributed by atoms with Gasteiger partial charge in [0.2, 0.25) is 5.44 Å². The van der Waals surface area contributed by atoms with Gasteiger partial charge in [0, 0.05) is 0 Å². The molecule has 3 aromatic carbocycles. The van der Waals surface area contributed by atoms with E-state index in [1.165, 1.54) is 22.3 Å². The van der Waals surface area contributed by atoms with Gasteiger partial charge in [-0.3, -0.25) is 0 Å². The van der Waals surface area contributed by atoms with Crippen molar-refractivity contribution < 1.29 is 4.42 Å². The highest BCUT2D eigenvalue weighted by Gasteiger charge is 2.50. The Balaban J connectivity index is 2.12. The average molecular weight is 330 g/mol. The summed E-state index contributed by atoms with van der Waals surface area (Å²) < 4.78 is 5.40. The Morgan fingerprint density at radius 2 is 1.00 bits per heavy atom. The lowest BCUT2D eigenvalue weighted by atomic mass is 10.4. The molecule has 1 heterocycles. The van der Waals surface area contributed by atoms with Crippen molar-refractivity contribution in [2.75, 3.05) is 0 Å². The first-order valence-electron chi connectivity index (χ1n) is 7.87. The zero-order valence-electron chi connectivity index (χ0n) is 13.1. The van der Waals surface area contributed by atoms with E-state index in [0.29, 0.717) is 0 Å². The maximum absolute atomic E-state index is 5.40. The Kier molecular flexibility index (Phi) is 3.98. The highest BCUT2D eigenvalue weighted by atomic mass is 31.2. The van der Waals surface area contributed by atoms with Crippen LogP contribution in [0.15, 0.2) is 108 Å². The van der Waals surface area contributed by atoms with Crippen LogP contribution in [0.5, 0.6) is 0 Å². The van der Waals surface area contributed by atoms with Crippen molar-refractivity contribution in [1.82, 2.24) is 4.98 Å². The van der Waals surface area contributed by atoms with Crippen molar-refractivity contribution in [2.24, 2.45) is 0 Å². The molecule has 24 heavy (non-hydrogen) atoms. The van der Waals surface area contributed by atoms with Crippen LogP contribution in [0.25, 0.3) is 0 Å². The first-order valence-corrected chi connectivity index (χ1v) is 9.66. The molecule has 0 saturated carbocycles. The summed E-state index contributed by atoms with van der Waals surface area (Å²) in [5.41, 5.74) is 0.992. The van der Waals surface area contributed by atoms with E-state index in [1.54, 1.807) is 6.26 Å². The molecule has 116 valence electrons. The van der Waals surface area contributed by atoms with Gasteiger partial charge in [-0.05, 0) is 36.4 Å². The summed E-state index contributed by atoms with van der Waals surface area (Å²) in [4.78, 5) is 4.60. The molecule has 0 bridgehead atoms. The van der Waals surface area contributed by atoms with Crippen LogP contribution in [0.1, 0.15) is 0 Å². The minimum atomic E-state index is -2.06. The van der Waals surface area contributed by atoms with Gasteiger partial charge in [0.05, 0.1) is 0 Å². The molecule has 0 amide bonds. The summed E-state index contributed by atoms with van der Waals surface area (Å²) in [7, 11) is -2.06. The lowest BCUT2D eigenvalue weighted by Crippen LogP contribution is -2.39. The Labute approximate surface area is 142 Å². The normalized spacial score (nSPS) is 11.3. The molecule has 0 N–H and O–H groups in total. The number of hydrogen-bond donors (Lipinski definition) is 0. The van der Waals surface area contributed by atoms with Crippen molar-refractivity contribution in [3.8, 4) is 0 Å². The quantitative estimate of drug-likeness (QED) is 0.537. The molecular weight excluding hydrogens is 313 g/mol. The monoisotopic (exact) mass is 330 g/mol. The zero-order chi connectivity index (χ0) is 16.2. The third-order valence-electron chi connectivity index (χ3n) is 4.19. The first kappa shape index (κ1) is 14.9. The van der Waals surface area contributed by atoms with Crippen LogP contribution >= 0.6 is 7.26 Å². The molecular formula is C21H17NOP+. The van der Waals surface area contributed by atoms with Crippen molar-refractivity contribution in [3.05, 3.63) is 104 Å². The summed E-state index contributed by atoms with van der Waals surface area (Å²) >= 11 is 0. The second-order valence-corrected chi connectivity index (χ2v) is 8.87. The topological polar surface area (TPSA) is 26.0 Å². The van der Waals surface area contributed by atoms with Crippen LogP contribution < -0.4 is 21.3 Å². The zero-order valence-corrected chi connectivity index (χ0v) is 14.0. The molecule has 1 aromatic heterocycles. The smallest absolute Gasteiger partial charge is 0.236 e. The molecule has 0 aliphatic heterocycles. The molecule has 4 aromatic rings. The minimum Gasteiger partial charge on any atom is -0.447 e. The number of oxazole rings is 1. The van der Waals surface area contributed by atoms with Crippen LogP contribution in [0, 0.1) is 0 Å². The standard InChI is InChI=1S/C21H17NOP/c1-4-10-18(11-5-1)24(21-16-23-17-22-21,19-12-6-2-7-13-19)20-14-8-3-9-15-20/h1-17H/q+1. The van der Waals surface area contributed by atoms with E-state index in [0.717, 1.165) is 5.44 Å². The van der Waals surface area contributed by atoms with Gasteiger partial charge in [0.25, 0.3) is 0 Å². The average Bonchev–Trinajstić information content (AvgIpc) is 3.20. The van der Waals surface area contributed by atoms with Crippen LogP contribution in [0.2, 0.25) is 0 Å². The molecule has 0 aliphatic carbocycles. The van der Waals surface area contributed by atoms with Gasteiger partial charge in [0.15, 0.2) is 19.9 Å². The molecule has 0 aliphatic rings. The van der Waals surface area contributed by atoms with Gasteiger partial charge in [-0.25, -0.2) is 0 Å². The van der Waals surface area contributed by atoms with Gasteiger partial charge in [-0.1, -0.05) is 54.6 Å². The lowest BCUT2D eigenvalue weighted by molar-refractivity contribution is 0.558. The predicted octanol–water partition coefficient (Wildman–Crippen LogP) is 3.29. The molecule has 0 atom stereocenters. The molecule has 4 rings (SSSR count). The number of hydrogen-bond acceptors (Lipinski definition) is 2. The first-order chi connectivity index (χ1) is 11.9. The molecule has 0 unspecified atom stereocenters. The maximum atomic E-state index is 5.40. The van der Waals surface area contributed by atoms with Crippen molar-refractivity contribution in [1.29, 1.82) is 0 Å². The van der Waals surface area contributed by atoms with Gasteiger partial charge in [-0.2, -0.15) is 4.98 Å². The summed E-state index contributed by atoms with van der Waals surface area (Å²) in [5, 5.41) is 3.82. The van der Waals surface area contributed by atoms with Gasteiger partial charge < -0.3 is 4.42 Å². The lowest BCUT2D eigenvalue weighted by Gasteiger charge is -2.24. The minimum absolute atomic E-state index is 0.992. The SMILES string of the molecule is c1ccc([P+](c2ccccc2)(c2ccccc2)c2cocn2)cc1. The molecule has 2 nitrogen and oxygen atoms in total. The Bertz CT molecular complexity index is 794. The van der Waals surface area contributed by atoms with Crippen LogP contribution in [-0.4, -0.2) is 4.98 Å². The van der Waals surface area contributed by atoms with Crippen molar-refractivity contribution >= 4 is 28.6 Å². The second-order valence-electron chi connectivity index (χ2n) is 5.52. The maximum Gasteiger partial charge on any atom is 0.236 e. The van der Waals surface area contributed by atoms with E-state index in [9.17, 15) is 0 Å². The Morgan fingerprint density at radius 1 is 0.583 bits per heavy atom. The fraction of sp³-hybridized carbons (Fsp3) is 0. The van der Waals surface area contributed by atoms with E-state index in [2.05, 4.69) is 96.0 Å². The van der Waals surface area contributed by atoms with E-state index in [1.807, 2.05) is 0 Å². The van der Waals surface area contributed by atoms with Crippen LogP contribution in [0.4, 0.5) is 0 Å². The molecule has 0 fully saturated rings. The van der Waals surface area contributed by atoms with Crippen LogP contribution in [0.3, 0.4) is 0 Å². The summed E-state index contributed by atoms with van der Waals surface area (Å²) in [6, 6.07) is 31.9. The Morgan fingerprint density at radius 3 is 1.33 bits per heavy atom. The third-order valence-corrected chi connectivity index (χ3v) is 8.32. The molecule has 0 radical (unpaired) electrons. The third kappa shape index (κ3) is 2.36. The van der Waals surface area contributed by atoms with Crippen LogP contribution in [-0.2, 0) is 0 Å². The van der Waals surface area contributed by atoms with Gasteiger partial charge >= 0.3 is 0 Å². The fourth-order valence-electron chi connectivity index (χ4n) is 3.17. The summed E-state index contributed by atoms with van der Waals surface area (Å²) in [5.74, 6) is 0. The molecule has 3 heteroatoms. The number of nitrogens with zero attached hydrogens (tertiary/aromatic N) is 1. The summed E-state index contributed by atoms with van der Waals surface area (Å²) in [6.07, 6.45) is 3.32. The van der Waals surface area contributed by atoms with E-state index in [-0.39, 0.29) is 0 Å². The number of rotatable bonds is 4. The summed E-state index contributed by atoms with van der Waals surface area (Å²) in [6.45, 7) is 0. The van der Waals surface area contributed by atoms with E-state index in [4.69, 9.17) is 4.42 Å². The largest absolute Gasteiger partial charge is 0.447 e. The highest BCUT2D eigenvalue weighted by molar-refractivity contribution is 8.01. The Hall–Kier alpha value is -2.70.